The number of benzene rings is 1. The number of ether oxygens (including phenoxy) is 1. The molecule has 116 valence electrons. The molecule has 0 bridgehead atoms. The smallest absolute Gasteiger partial charge is 0.407 e. The van der Waals surface area contributed by atoms with Gasteiger partial charge in [0.2, 0.25) is 0 Å². The lowest BCUT2D eigenvalue weighted by atomic mass is 10.0. The number of aryl methyl sites for hydroxylation is 2. The molecule has 0 atom stereocenters. The monoisotopic (exact) mass is 290 g/mol. The Bertz CT molecular complexity index is 528. The third-order valence-electron chi connectivity index (χ3n) is 2.93. The molecular formula is C17H26N2O2. The van der Waals surface area contributed by atoms with Crippen molar-refractivity contribution in [3.8, 4) is 0 Å². The SMILES string of the molecule is Cc1cc(C=CCCNC(=O)OC(C)(C)C)c(C)cc1N. The van der Waals surface area contributed by atoms with Crippen molar-refractivity contribution in [2.75, 3.05) is 12.3 Å². The van der Waals surface area contributed by atoms with Crippen LogP contribution in [0.15, 0.2) is 18.2 Å². The van der Waals surface area contributed by atoms with E-state index >= 15 is 0 Å². The third-order valence-corrected chi connectivity index (χ3v) is 2.93. The number of alkyl carbamates (subject to hydrolysis) is 1. The van der Waals surface area contributed by atoms with E-state index in [4.69, 9.17) is 10.5 Å². The van der Waals surface area contributed by atoms with Crippen molar-refractivity contribution in [2.24, 2.45) is 0 Å². The predicted molar refractivity (Wildman–Crippen MR) is 88.2 cm³/mol. The Balaban J connectivity index is 2.43. The molecule has 1 rings (SSSR count). The van der Waals surface area contributed by atoms with Crippen LogP contribution < -0.4 is 11.1 Å². The minimum atomic E-state index is -0.460. The number of amides is 1. The van der Waals surface area contributed by atoms with Gasteiger partial charge in [-0.3, -0.25) is 0 Å². The molecule has 21 heavy (non-hydrogen) atoms. The van der Waals surface area contributed by atoms with Gasteiger partial charge < -0.3 is 15.8 Å². The summed E-state index contributed by atoms with van der Waals surface area (Å²) >= 11 is 0. The van der Waals surface area contributed by atoms with Gasteiger partial charge in [-0.05, 0) is 69.9 Å². The molecule has 0 spiro atoms. The van der Waals surface area contributed by atoms with Crippen LogP contribution in [0.2, 0.25) is 0 Å². The molecule has 0 unspecified atom stereocenters. The number of rotatable bonds is 4. The highest BCUT2D eigenvalue weighted by Crippen LogP contribution is 2.18. The molecule has 3 N–H and O–H groups in total. The van der Waals surface area contributed by atoms with Gasteiger partial charge in [0, 0.05) is 12.2 Å². The molecule has 0 radical (unpaired) electrons. The van der Waals surface area contributed by atoms with Gasteiger partial charge in [0.1, 0.15) is 5.60 Å². The van der Waals surface area contributed by atoms with Crippen LogP contribution in [-0.2, 0) is 4.74 Å². The van der Waals surface area contributed by atoms with E-state index in [0.29, 0.717) is 6.54 Å². The van der Waals surface area contributed by atoms with E-state index in [9.17, 15) is 4.79 Å². The van der Waals surface area contributed by atoms with E-state index in [0.717, 1.165) is 28.8 Å². The Morgan fingerprint density at radius 1 is 1.29 bits per heavy atom. The summed E-state index contributed by atoms with van der Waals surface area (Å²) in [5, 5.41) is 2.73. The van der Waals surface area contributed by atoms with Crippen molar-refractivity contribution in [3.05, 3.63) is 34.9 Å². The average Bonchev–Trinajstić information content (AvgIpc) is 2.32. The summed E-state index contributed by atoms with van der Waals surface area (Å²) in [5.41, 5.74) is 9.60. The Kier molecular flexibility index (Phi) is 5.82. The standard InChI is InChI=1S/C17H26N2O2/c1-12-11-15(18)13(2)10-14(12)8-6-7-9-19-16(20)21-17(3,4)5/h6,8,10-11H,7,9,18H2,1-5H3,(H,19,20). The number of anilines is 1. The molecular weight excluding hydrogens is 264 g/mol. The predicted octanol–water partition coefficient (Wildman–Crippen LogP) is 3.81. The zero-order valence-corrected chi connectivity index (χ0v) is 13.6. The van der Waals surface area contributed by atoms with E-state index in [2.05, 4.69) is 17.5 Å². The van der Waals surface area contributed by atoms with Gasteiger partial charge in [-0.15, -0.1) is 0 Å². The van der Waals surface area contributed by atoms with Crippen LogP contribution in [0, 0.1) is 13.8 Å². The second-order valence-electron chi connectivity index (χ2n) is 6.19. The van der Waals surface area contributed by atoms with E-state index in [-0.39, 0.29) is 6.09 Å². The highest BCUT2D eigenvalue weighted by Gasteiger charge is 2.15. The summed E-state index contributed by atoms with van der Waals surface area (Å²) < 4.78 is 5.16. The minimum Gasteiger partial charge on any atom is -0.444 e. The first-order valence-corrected chi connectivity index (χ1v) is 7.19. The fourth-order valence-electron chi connectivity index (χ4n) is 1.82. The van der Waals surface area contributed by atoms with Gasteiger partial charge in [-0.25, -0.2) is 4.79 Å². The first kappa shape index (κ1) is 17.1. The lowest BCUT2D eigenvalue weighted by Gasteiger charge is -2.19. The summed E-state index contributed by atoms with van der Waals surface area (Å²) in [7, 11) is 0. The van der Waals surface area contributed by atoms with Crippen molar-refractivity contribution in [2.45, 2.75) is 46.6 Å². The zero-order chi connectivity index (χ0) is 16.0. The van der Waals surface area contributed by atoms with E-state index in [1.807, 2.05) is 46.8 Å². The average molecular weight is 290 g/mol. The summed E-state index contributed by atoms with van der Waals surface area (Å²) in [6.45, 7) is 10.1. The Hall–Kier alpha value is -1.97. The van der Waals surface area contributed by atoms with E-state index in [1.54, 1.807) is 0 Å². The van der Waals surface area contributed by atoms with Crippen molar-refractivity contribution >= 4 is 17.9 Å². The maximum Gasteiger partial charge on any atom is 0.407 e. The van der Waals surface area contributed by atoms with Gasteiger partial charge in [-0.1, -0.05) is 12.2 Å². The molecule has 0 heterocycles. The Labute approximate surface area is 127 Å². The molecule has 1 aromatic carbocycles. The molecule has 0 aliphatic heterocycles. The van der Waals surface area contributed by atoms with Crippen LogP contribution in [0.5, 0.6) is 0 Å². The van der Waals surface area contributed by atoms with Crippen LogP contribution in [0.25, 0.3) is 6.08 Å². The van der Waals surface area contributed by atoms with Crippen molar-refractivity contribution in [3.63, 3.8) is 0 Å². The zero-order valence-electron chi connectivity index (χ0n) is 13.6. The molecule has 0 saturated carbocycles. The van der Waals surface area contributed by atoms with Gasteiger partial charge >= 0.3 is 6.09 Å². The largest absolute Gasteiger partial charge is 0.444 e. The first-order valence-electron chi connectivity index (χ1n) is 7.19. The molecule has 0 aliphatic carbocycles. The molecule has 1 amide bonds. The number of nitrogens with two attached hydrogens (primary N) is 1. The van der Waals surface area contributed by atoms with Crippen LogP contribution in [0.4, 0.5) is 10.5 Å². The van der Waals surface area contributed by atoms with Gasteiger partial charge in [-0.2, -0.15) is 0 Å². The summed E-state index contributed by atoms with van der Waals surface area (Å²) in [5.74, 6) is 0. The number of carbonyl (C=O) groups excluding carboxylic acids is 1. The van der Waals surface area contributed by atoms with Crippen LogP contribution in [0.3, 0.4) is 0 Å². The summed E-state index contributed by atoms with van der Waals surface area (Å²) in [4.78, 5) is 11.5. The van der Waals surface area contributed by atoms with Crippen LogP contribution in [0.1, 0.15) is 43.9 Å². The van der Waals surface area contributed by atoms with Crippen molar-refractivity contribution < 1.29 is 9.53 Å². The summed E-state index contributed by atoms with van der Waals surface area (Å²) in [6.07, 6.45) is 4.46. The summed E-state index contributed by atoms with van der Waals surface area (Å²) in [6, 6.07) is 4.05. The highest BCUT2D eigenvalue weighted by atomic mass is 16.6. The minimum absolute atomic E-state index is 0.379. The molecule has 0 saturated heterocycles. The number of nitrogens with one attached hydrogen (secondary N) is 1. The second kappa shape index (κ2) is 7.16. The van der Waals surface area contributed by atoms with E-state index < -0.39 is 5.60 Å². The third kappa shape index (κ3) is 6.34. The van der Waals surface area contributed by atoms with Crippen molar-refractivity contribution in [1.29, 1.82) is 0 Å². The quantitative estimate of drug-likeness (QED) is 0.654. The highest BCUT2D eigenvalue weighted by molar-refractivity contribution is 5.67. The number of hydrogen-bond acceptors (Lipinski definition) is 3. The maximum absolute atomic E-state index is 11.5. The first-order chi connectivity index (χ1) is 9.69. The number of nitrogen functional groups attached to an aromatic ring is 1. The Morgan fingerprint density at radius 2 is 1.95 bits per heavy atom. The molecule has 0 fully saturated rings. The maximum atomic E-state index is 11.5. The van der Waals surface area contributed by atoms with Crippen LogP contribution in [-0.4, -0.2) is 18.2 Å². The van der Waals surface area contributed by atoms with Crippen LogP contribution >= 0.6 is 0 Å². The molecule has 1 aromatic rings. The molecule has 4 nitrogen and oxygen atoms in total. The lowest BCUT2D eigenvalue weighted by molar-refractivity contribution is 0.0529. The molecule has 0 aromatic heterocycles. The van der Waals surface area contributed by atoms with Crippen molar-refractivity contribution in [1.82, 2.24) is 5.32 Å². The lowest BCUT2D eigenvalue weighted by Crippen LogP contribution is -2.32. The number of carbonyl (C=O) groups is 1. The second-order valence-corrected chi connectivity index (χ2v) is 6.19. The molecule has 4 heteroatoms. The van der Waals surface area contributed by atoms with Gasteiger partial charge in [0.05, 0.1) is 0 Å². The fourth-order valence-corrected chi connectivity index (χ4v) is 1.82. The van der Waals surface area contributed by atoms with Gasteiger partial charge in [0.15, 0.2) is 0 Å². The fraction of sp³-hybridized carbons (Fsp3) is 0.471. The topological polar surface area (TPSA) is 64.3 Å². The Morgan fingerprint density at radius 3 is 2.57 bits per heavy atom. The molecule has 0 aliphatic rings. The number of hydrogen-bond donors (Lipinski definition) is 2. The van der Waals surface area contributed by atoms with Gasteiger partial charge in [0.25, 0.3) is 0 Å². The normalized spacial score (nSPS) is 11.7. The van der Waals surface area contributed by atoms with E-state index in [1.165, 1.54) is 0 Å².